The van der Waals surface area contributed by atoms with E-state index in [1.54, 1.807) is 12.3 Å². The van der Waals surface area contributed by atoms with Crippen molar-refractivity contribution in [2.24, 2.45) is 5.73 Å². The minimum absolute atomic E-state index is 0. The van der Waals surface area contributed by atoms with Crippen molar-refractivity contribution in [3.8, 4) is 0 Å². The van der Waals surface area contributed by atoms with Gasteiger partial charge < -0.3 is 11.1 Å². The van der Waals surface area contributed by atoms with Gasteiger partial charge >= 0.3 is 0 Å². The van der Waals surface area contributed by atoms with Crippen molar-refractivity contribution in [1.29, 1.82) is 0 Å². The maximum Gasteiger partial charge on any atom is 0.163 e. The van der Waals surface area contributed by atoms with Gasteiger partial charge in [0, 0.05) is 18.3 Å². The van der Waals surface area contributed by atoms with Crippen molar-refractivity contribution in [3.63, 3.8) is 0 Å². The number of pyridine rings is 2. The van der Waals surface area contributed by atoms with Crippen LogP contribution in [0.15, 0.2) is 18.3 Å². The fourth-order valence-corrected chi connectivity index (χ4v) is 3.07. The Bertz CT molecular complexity index is 718. The highest BCUT2D eigenvalue weighted by Crippen LogP contribution is 2.29. The summed E-state index contributed by atoms with van der Waals surface area (Å²) >= 11 is 6.02. The fraction of sp³-hybridized carbons (Fsp3) is 0.438. The summed E-state index contributed by atoms with van der Waals surface area (Å²) in [5.41, 5.74) is 8.62. The Labute approximate surface area is 158 Å². The molecule has 2 heterocycles. The van der Waals surface area contributed by atoms with Crippen LogP contribution in [0, 0.1) is 0 Å². The second-order valence-electron chi connectivity index (χ2n) is 5.86. The Morgan fingerprint density at radius 1 is 1.25 bits per heavy atom. The molecular formula is C16H21Cl3N4O. The SMILES string of the molecule is CC(=O)c1cnc2ccc(Cl)nc2c1NC1CCC(N)CC1.Cl.Cl. The number of Topliss-reactive ketones (excluding diaryl/α,β-unsaturated/α-hetero) is 1. The number of carbonyl (C=O) groups excluding carboxylic acids is 1. The van der Waals surface area contributed by atoms with Crippen LogP contribution in [0.2, 0.25) is 5.15 Å². The highest BCUT2D eigenvalue weighted by molar-refractivity contribution is 6.30. The van der Waals surface area contributed by atoms with Gasteiger partial charge in [-0.3, -0.25) is 9.78 Å². The van der Waals surface area contributed by atoms with E-state index in [9.17, 15) is 4.79 Å². The van der Waals surface area contributed by atoms with E-state index >= 15 is 0 Å². The maximum atomic E-state index is 11.9. The van der Waals surface area contributed by atoms with E-state index in [0.717, 1.165) is 36.9 Å². The molecule has 0 radical (unpaired) electrons. The molecule has 5 nitrogen and oxygen atoms in total. The van der Waals surface area contributed by atoms with Gasteiger partial charge in [0.1, 0.15) is 10.7 Å². The van der Waals surface area contributed by atoms with Gasteiger partial charge in [-0.25, -0.2) is 4.98 Å². The van der Waals surface area contributed by atoms with E-state index in [0.29, 0.717) is 22.3 Å². The van der Waals surface area contributed by atoms with Crippen LogP contribution < -0.4 is 11.1 Å². The minimum atomic E-state index is -0.0359. The lowest BCUT2D eigenvalue weighted by Crippen LogP contribution is -2.33. The molecule has 8 heteroatoms. The zero-order chi connectivity index (χ0) is 15.7. The Hall–Kier alpha value is -1.14. The van der Waals surface area contributed by atoms with Crippen LogP contribution in [0.25, 0.3) is 11.0 Å². The number of aromatic nitrogens is 2. The molecule has 0 unspecified atom stereocenters. The summed E-state index contributed by atoms with van der Waals surface area (Å²) in [6.07, 6.45) is 5.57. The van der Waals surface area contributed by atoms with E-state index in [-0.39, 0.29) is 36.6 Å². The molecule has 2 aromatic rings. The molecule has 1 aliphatic carbocycles. The summed E-state index contributed by atoms with van der Waals surface area (Å²) in [6.45, 7) is 1.54. The second-order valence-corrected chi connectivity index (χ2v) is 6.25. The molecule has 0 saturated heterocycles. The number of hydrogen-bond donors (Lipinski definition) is 2. The first kappa shape index (κ1) is 20.9. The van der Waals surface area contributed by atoms with Gasteiger partial charge in [0.15, 0.2) is 5.78 Å². The molecule has 0 aromatic carbocycles. The Morgan fingerprint density at radius 3 is 2.54 bits per heavy atom. The van der Waals surface area contributed by atoms with E-state index < -0.39 is 0 Å². The number of nitrogens with one attached hydrogen (secondary N) is 1. The van der Waals surface area contributed by atoms with Crippen LogP contribution in [0.4, 0.5) is 5.69 Å². The lowest BCUT2D eigenvalue weighted by atomic mass is 9.91. The zero-order valence-corrected chi connectivity index (χ0v) is 15.7. The Morgan fingerprint density at radius 2 is 1.92 bits per heavy atom. The summed E-state index contributed by atoms with van der Waals surface area (Å²) in [7, 11) is 0. The van der Waals surface area contributed by atoms with Crippen molar-refractivity contribution in [2.45, 2.75) is 44.7 Å². The number of nitrogens with zero attached hydrogens (tertiary/aromatic N) is 2. The van der Waals surface area contributed by atoms with Crippen LogP contribution >= 0.6 is 36.4 Å². The average Bonchev–Trinajstić information content (AvgIpc) is 2.49. The van der Waals surface area contributed by atoms with Crippen LogP contribution in [0.5, 0.6) is 0 Å². The third kappa shape index (κ3) is 4.48. The predicted octanol–water partition coefficient (Wildman–Crippen LogP) is 4.01. The number of halogens is 3. The molecule has 132 valence electrons. The average molecular weight is 392 g/mol. The highest BCUT2D eigenvalue weighted by atomic mass is 35.5. The molecule has 0 amide bonds. The number of hydrogen-bond acceptors (Lipinski definition) is 5. The van der Waals surface area contributed by atoms with E-state index in [1.165, 1.54) is 6.92 Å². The van der Waals surface area contributed by atoms with E-state index in [1.807, 2.05) is 6.07 Å². The minimum Gasteiger partial charge on any atom is -0.380 e. The third-order valence-electron chi connectivity index (χ3n) is 4.18. The van der Waals surface area contributed by atoms with E-state index in [4.69, 9.17) is 17.3 Å². The largest absolute Gasteiger partial charge is 0.380 e. The number of nitrogens with two attached hydrogens (primary N) is 1. The second kappa shape index (κ2) is 8.81. The molecule has 24 heavy (non-hydrogen) atoms. The van der Waals surface area contributed by atoms with Crippen molar-refractivity contribution in [2.75, 3.05) is 5.32 Å². The van der Waals surface area contributed by atoms with Gasteiger partial charge in [-0.15, -0.1) is 24.8 Å². The third-order valence-corrected chi connectivity index (χ3v) is 4.39. The molecule has 1 aliphatic rings. The summed E-state index contributed by atoms with van der Waals surface area (Å²) in [5.74, 6) is -0.0359. The van der Waals surface area contributed by atoms with Gasteiger partial charge in [0.05, 0.1) is 16.8 Å². The maximum absolute atomic E-state index is 11.9. The molecule has 0 atom stereocenters. The first-order valence-electron chi connectivity index (χ1n) is 7.53. The summed E-state index contributed by atoms with van der Waals surface area (Å²) < 4.78 is 0. The number of anilines is 1. The van der Waals surface area contributed by atoms with Crippen molar-refractivity contribution < 1.29 is 4.79 Å². The number of carbonyl (C=O) groups is 1. The van der Waals surface area contributed by atoms with Gasteiger partial charge in [-0.1, -0.05) is 11.6 Å². The molecule has 2 aromatic heterocycles. The highest BCUT2D eigenvalue weighted by Gasteiger charge is 2.22. The molecule has 3 rings (SSSR count). The first-order chi connectivity index (χ1) is 10.5. The van der Waals surface area contributed by atoms with Crippen molar-refractivity contribution >= 4 is 58.9 Å². The quantitative estimate of drug-likeness (QED) is 0.610. The van der Waals surface area contributed by atoms with Crippen LogP contribution in [0.1, 0.15) is 43.0 Å². The van der Waals surface area contributed by atoms with Crippen LogP contribution in [-0.2, 0) is 0 Å². The first-order valence-corrected chi connectivity index (χ1v) is 7.90. The summed E-state index contributed by atoms with van der Waals surface area (Å²) in [4.78, 5) is 20.6. The lowest BCUT2D eigenvalue weighted by molar-refractivity contribution is 0.101. The number of ketones is 1. The molecule has 1 fully saturated rings. The Kier molecular flexibility index (Phi) is 7.67. The standard InChI is InChI=1S/C16H19ClN4O.2ClH/c1-9(22)12-8-19-13-6-7-14(17)21-16(13)15(12)20-11-4-2-10(18)3-5-11;;/h6-8,10-11H,2-5,18H2,1H3,(H,19,20);2*1H. The van der Waals surface area contributed by atoms with Crippen molar-refractivity contribution in [3.05, 3.63) is 29.0 Å². The Balaban J connectivity index is 0.00000144. The number of fused-ring (bicyclic) bond motifs is 1. The smallest absolute Gasteiger partial charge is 0.163 e. The molecule has 1 saturated carbocycles. The fourth-order valence-electron chi connectivity index (χ4n) is 2.92. The molecule has 0 spiro atoms. The van der Waals surface area contributed by atoms with Crippen molar-refractivity contribution in [1.82, 2.24) is 9.97 Å². The van der Waals surface area contributed by atoms with E-state index in [2.05, 4.69) is 15.3 Å². The van der Waals surface area contributed by atoms with Gasteiger partial charge in [0.2, 0.25) is 0 Å². The van der Waals surface area contributed by atoms with Gasteiger partial charge in [-0.2, -0.15) is 0 Å². The molecule has 3 N–H and O–H groups in total. The monoisotopic (exact) mass is 390 g/mol. The molecular weight excluding hydrogens is 371 g/mol. The summed E-state index contributed by atoms with van der Waals surface area (Å²) in [5, 5.41) is 3.88. The molecule has 0 aliphatic heterocycles. The zero-order valence-electron chi connectivity index (χ0n) is 13.3. The van der Waals surface area contributed by atoms with Gasteiger partial charge in [-0.05, 0) is 44.7 Å². The molecule has 0 bridgehead atoms. The topological polar surface area (TPSA) is 80.9 Å². The lowest BCUT2D eigenvalue weighted by Gasteiger charge is -2.28. The number of rotatable bonds is 3. The summed E-state index contributed by atoms with van der Waals surface area (Å²) in [6, 6.07) is 4.10. The van der Waals surface area contributed by atoms with Crippen LogP contribution in [-0.4, -0.2) is 27.8 Å². The van der Waals surface area contributed by atoms with Gasteiger partial charge in [0.25, 0.3) is 0 Å². The van der Waals surface area contributed by atoms with Crippen LogP contribution in [0.3, 0.4) is 0 Å². The normalized spacial score (nSPS) is 20.0. The predicted molar refractivity (Wildman–Crippen MR) is 103 cm³/mol.